The number of hydrogen-bond donors (Lipinski definition) is 0. The Kier molecular flexibility index (Phi) is 6.11. The molecular formula is C21H24Cl2N4O2. The van der Waals surface area contributed by atoms with E-state index < -0.39 is 0 Å². The van der Waals surface area contributed by atoms with Crippen molar-refractivity contribution >= 4 is 35.0 Å². The summed E-state index contributed by atoms with van der Waals surface area (Å²) in [6, 6.07) is 5.32. The van der Waals surface area contributed by atoms with Gasteiger partial charge >= 0.3 is 0 Å². The average Bonchev–Trinajstić information content (AvgIpc) is 3.30. The molecule has 1 aromatic carbocycles. The second-order valence-electron chi connectivity index (χ2n) is 7.79. The molecule has 2 saturated heterocycles. The lowest BCUT2D eigenvalue weighted by Gasteiger charge is -2.38. The van der Waals surface area contributed by atoms with E-state index in [0.717, 1.165) is 38.8 Å². The van der Waals surface area contributed by atoms with E-state index in [0.29, 0.717) is 34.7 Å². The summed E-state index contributed by atoms with van der Waals surface area (Å²) in [5, 5.41) is 0.789. The highest BCUT2D eigenvalue weighted by atomic mass is 35.5. The van der Waals surface area contributed by atoms with Crippen molar-refractivity contribution in [2.75, 3.05) is 26.2 Å². The second-order valence-corrected chi connectivity index (χ2v) is 8.60. The number of likely N-dealkylation sites (tertiary alicyclic amines) is 2. The van der Waals surface area contributed by atoms with Crippen LogP contribution in [0.1, 0.15) is 42.1 Å². The Morgan fingerprint density at radius 1 is 1.00 bits per heavy atom. The highest BCUT2D eigenvalue weighted by Gasteiger charge is 2.33. The predicted octanol–water partition coefficient (Wildman–Crippen LogP) is 3.91. The number of nitrogens with zero attached hydrogens (tertiary/aromatic N) is 4. The molecule has 1 unspecified atom stereocenters. The number of carbonyl (C=O) groups is 2. The number of piperidine rings is 2. The van der Waals surface area contributed by atoms with E-state index in [1.165, 1.54) is 0 Å². The zero-order valence-electron chi connectivity index (χ0n) is 16.1. The Bertz CT molecular complexity index is 879. The molecule has 2 aliphatic heterocycles. The topological polar surface area (TPSA) is 58.4 Å². The smallest absolute Gasteiger partial charge is 0.253 e. The monoisotopic (exact) mass is 434 g/mol. The van der Waals surface area contributed by atoms with E-state index in [2.05, 4.69) is 9.55 Å². The lowest BCUT2D eigenvalue weighted by atomic mass is 9.94. The van der Waals surface area contributed by atoms with Gasteiger partial charge in [-0.2, -0.15) is 0 Å². The van der Waals surface area contributed by atoms with Gasteiger partial charge in [-0.3, -0.25) is 9.59 Å². The molecule has 4 rings (SSSR count). The summed E-state index contributed by atoms with van der Waals surface area (Å²) in [6.07, 6.45) is 9.13. The molecule has 2 amide bonds. The van der Waals surface area contributed by atoms with Gasteiger partial charge in [0.1, 0.15) is 0 Å². The molecule has 0 aliphatic carbocycles. The molecular weight excluding hydrogens is 411 g/mol. The molecule has 1 aromatic heterocycles. The van der Waals surface area contributed by atoms with Crippen molar-refractivity contribution in [3.63, 3.8) is 0 Å². The van der Waals surface area contributed by atoms with Gasteiger partial charge in [0, 0.05) is 50.2 Å². The number of rotatable bonds is 3. The predicted molar refractivity (Wildman–Crippen MR) is 112 cm³/mol. The fourth-order valence-corrected chi connectivity index (χ4v) is 4.60. The third-order valence-electron chi connectivity index (χ3n) is 5.95. The zero-order valence-corrected chi connectivity index (χ0v) is 17.6. The van der Waals surface area contributed by atoms with Gasteiger partial charge in [-0.25, -0.2) is 4.98 Å². The first kappa shape index (κ1) is 20.2. The molecule has 154 valence electrons. The first-order valence-corrected chi connectivity index (χ1v) is 10.8. The number of carbonyl (C=O) groups excluding carboxylic acids is 2. The van der Waals surface area contributed by atoms with Crippen LogP contribution in [0.2, 0.25) is 10.0 Å². The summed E-state index contributed by atoms with van der Waals surface area (Å²) in [6.45, 7) is 2.61. The maximum atomic E-state index is 13.1. The number of amides is 2. The van der Waals surface area contributed by atoms with Crippen LogP contribution in [-0.4, -0.2) is 57.3 Å². The van der Waals surface area contributed by atoms with Gasteiger partial charge in [-0.1, -0.05) is 23.2 Å². The normalized spacial score (nSPS) is 20.7. The van der Waals surface area contributed by atoms with Crippen LogP contribution in [-0.2, 0) is 4.79 Å². The number of benzene rings is 1. The van der Waals surface area contributed by atoms with E-state index >= 15 is 0 Å². The van der Waals surface area contributed by atoms with Crippen LogP contribution in [0, 0.1) is 5.92 Å². The molecule has 2 aliphatic rings. The van der Waals surface area contributed by atoms with Crippen LogP contribution >= 0.6 is 23.2 Å². The Labute approximate surface area is 180 Å². The van der Waals surface area contributed by atoms with Crippen LogP contribution in [0.15, 0.2) is 36.9 Å². The first-order chi connectivity index (χ1) is 14.0. The standard InChI is InChI=1S/C21H24Cl2N4O2/c22-18-4-3-15(12-19(18)23)20(28)26-8-1-2-16(13-26)21(29)25-9-5-17(6-10-25)27-11-7-24-14-27/h3-4,7,11-12,14,16-17H,1-2,5-6,8-10,13H2. The van der Waals surface area contributed by atoms with Crippen LogP contribution in [0.25, 0.3) is 0 Å². The number of imidazole rings is 1. The van der Waals surface area contributed by atoms with Gasteiger partial charge in [-0.15, -0.1) is 0 Å². The molecule has 3 heterocycles. The minimum Gasteiger partial charge on any atom is -0.342 e. The molecule has 0 bridgehead atoms. The van der Waals surface area contributed by atoms with Crippen LogP contribution in [0.4, 0.5) is 0 Å². The molecule has 2 fully saturated rings. The fourth-order valence-electron chi connectivity index (χ4n) is 4.30. The summed E-state index contributed by atoms with van der Waals surface area (Å²) < 4.78 is 2.13. The highest BCUT2D eigenvalue weighted by Crippen LogP contribution is 2.27. The average molecular weight is 435 g/mol. The third kappa shape index (κ3) is 4.43. The van der Waals surface area contributed by atoms with E-state index in [9.17, 15) is 9.59 Å². The van der Waals surface area contributed by atoms with Crippen molar-refractivity contribution in [1.82, 2.24) is 19.4 Å². The van der Waals surface area contributed by atoms with Gasteiger partial charge in [0.05, 0.1) is 22.3 Å². The summed E-state index contributed by atoms with van der Waals surface area (Å²) in [5.41, 5.74) is 0.508. The van der Waals surface area contributed by atoms with Crippen molar-refractivity contribution in [2.45, 2.75) is 31.7 Å². The lowest BCUT2D eigenvalue weighted by Crippen LogP contribution is -2.48. The first-order valence-electron chi connectivity index (χ1n) is 10.0. The maximum Gasteiger partial charge on any atom is 0.253 e. The van der Waals surface area contributed by atoms with Gasteiger partial charge in [-0.05, 0) is 43.9 Å². The summed E-state index contributed by atoms with van der Waals surface area (Å²) in [7, 11) is 0. The molecule has 0 spiro atoms. The Hall–Kier alpha value is -2.05. The minimum absolute atomic E-state index is 0.0973. The molecule has 29 heavy (non-hydrogen) atoms. The Balaban J connectivity index is 1.36. The largest absolute Gasteiger partial charge is 0.342 e. The van der Waals surface area contributed by atoms with Gasteiger partial charge < -0.3 is 14.4 Å². The van der Waals surface area contributed by atoms with Crippen LogP contribution in [0.3, 0.4) is 0 Å². The summed E-state index contributed by atoms with van der Waals surface area (Å²) >= 11 is 12.0. The molecule has 0 radical (unpaired) electrons. The molecule has 8 heteroatoms. The Morgan fingerprint density at radius 2 is 1.79 bits per heavy atom. The summed E-state index contributed by atoms with van der Waals surface area (Å²) in [4.78, 5) is 33.8. The zero-order chi connectivity index (χ0) is 20.4. The molecule has 2 aromatic rings. The molecule has 6 nitrogen and oxygen atoms in total. The van der Waals surface area contributed by atoms with Crippen LogP contribution in [0.5, 0.6) is 0 Å². The van der Waals surface area contributed by atoms with Crippen molar-refractivity contribution in [3.05, 3.63) is 52.5 Å². The quantitative estimate of drug-likeness (QED) is 0.735. The van der Waals surface area contributed by atoms with E-state index in [-0.39, 0.29) is 17.7 Å². The van der Waals surface area contributed by atoms with Crippen molar-refractivity contribution in [2.24, 2.45) is 5.92 Å². The number of hydrogen-bond acceptors (Lipinski definition) is 3. The SMILES string of the molecule is O=C(c1ccc(Cl)c(Cl)c1)N1CCCC(C(=O)N2CCC(n3ccnc3)CC2)C1. The fraction of sp³-hybridized carbons (Fsp3) is 0.476. The van der Waals surface area contributed by atoms with E-state index in [1.807, 2.05) is 17.4 Å². The lowest BCUT2D eigenvalue weighted by molar-refractivity contribution is -0.138. The van der Waals surface area contributed by atoms with E-state index in [4.69, 9.17) is 23.2 Å². The summed E-state index contributed by atoms with van der Waals surface area (Å²) in [5.74, 6) is -0.0686. The van der Waals surface area contributed by atoms with Crippen LogP contribution < -0.4 is 0 Å². The van der Waals surface area contributed by atoms with Gasteiger partial charge in [0.2, 0.25) is 5.91 Å². The minimum atomic E-state index is -0.139. The van der Waals surface area contributed by atoms with Crippen molar-refractivity contribution in [1.29, 1.82) is 0 Å². The molecule has 0 N–H and O–H groups in total. The van der Waals surface area contributed by atoms with Crippen molar-refractivity contribution < 1.29 is 9.59 Å². The van der Waals surface area contributed by atoms with Gasteiger partial charge in [0.15, 0.2) is 0 Å². The Morgan fingerprint density at radius 3 is 2.48 bits per heavy atom. The number of halogens is 2. The highest BCUT2D eigenvalue weighted by molar-refractivity contribution is 6.42. The van der Waals surface area contributed by atoms with Gasteiger partial charge in [0.25, 0.3) is 5.91 Å². The van der Waals surface area contributed by atoms with E-state index in [1.54, 1.807) is 29.3 Å². The molecule has 0 saturated carbocycles. The number of aromatic nitrogens is 2. The van der Waals surface area contributed by atoms with Crippen molar-refractivity contribution in [3.8, 4) is 0 Å². The maximum absolute atomic E-state index is 13.1. The second kappa shape index (κ2) is 8.76. The molecule has 1 atom stereocenters. The third-order valence-corrected chi connectivity index (χ3v) is 6.69.